The van der Waals surface area contributed by atoms with Crippen LogP contribution >= 0.6 is 0 Å². The third-order valence-electron chi connectivity index (χ3n) is 3.70. The van der Waals surface area contributed by atoms with Crippen molar-refractivity contribution in [2.45, 2.75) is 26.7 Å². The fraction of sp³-hybridized carbons (Fsp3) is 0.429. The Morgan fingerprint density at radius 3 is 1.56 bits per heavy atom. The van der Waals surface area contributed by atoms with Gasteiger partial charge in [-0.25, -0.2) is 9.97 Å². The molecule has 0 atom stereocenters. The highest BCUT2D eigenvalue weighted by atomic mass is 15.1. The van der Waals surface area contributed by atoms with Gasteiger partial charge in [0, 0.05) is 26.9 Å². The zero-order chi connectivity index (χ0) is 12.9. The maximum Gasteiger partial charge on any atom is 0.109 e. The van der Waals surface area contributed by atoms with Gasteiger partial charge in [0.25, 0.3) is 0 Å². The smallest absolute Gasteiger partial charge is 0.109 e. The molecule has 0 spiro atoms. The molecule has 0 aliphatic heterocycles. The second kappa shape index (κ2) is 3.83. The van der Waals surface area contributed by atoms with Crippen LogP contribution in [0.15, 0.2) is 12.1 Å². The summed E-state index contributed by atoms with van der Waals surface area (Å²) < 4.78 is 4.32. The summed E-state index contributed by atoms with van der Waals surface area (Å²) in [6.45, 7) is 4.27. The van der Waals surface area contributed by atoms with E-state index in [0.717, 1.165) is 35.5 Å². The van der Waals surface area contributed by atoms with Crippen LogP contribution in [-0.2, 0) is 26.9 Å². The van der Waals surface area contributed by atoms with Crippen molar-refractivity contribution in [2.24, 2.45) is 14.1 Å². The monoisotopic (exact) mass is 242 g/mol. The Hall–Kier alpha value is -1.84. The number of benzene rings is 1. The topological polar surface area (TPSA) is 35.6 Å². The number of aryl methyl sites for hydroxylation is 4. The normalized spacial score (nSPS) is 11.8. The first kappa shape index (κ1) is 11.3. The van der Waals surface area contributed by atoms with Gasteiger partial charge in [-0.3, -0.25) is 0 Å². The number of fused-ring (bicyclic) bond motifs is 2. The van der Waals surface area contributed by atoms with Crippen molar-refractivity contribution < 1.29 is 0 Å². The zero-order valence-corrected chi connectivity index (χ0v) is 11.4. The van der Waals surface area contributed by atoms with Gasteiger partial charge >= 0.3 is 0 Å². The van der Waals surface area contributed by atoms with E-state index in [1.807, 2.05) is 0 Å². The highest BCUT2D eigenvalue weighted by Gasteiger charge is 2.11. The molecule has 2 aromatic heterocycles. The second-order valence-corrected chi connectivity index (χ2v) is 4.71. The molecular formula is C14H18N4. The van der Waals surface area contributed by atoms with Gasteiger partial charge in [0.1, 0.15) is 11.6 Å². The maximum atomic E-state index is 4.68. The third kappa shape index (κ3) is 1.38. The van der Waals surface area contributed by atoms with Gasteiger partial charge in [0.2, 0.25) is 0 Å². The van der Waals surface area contributed by atoms with Crippen LogP contribution in [0.2, 0.25) is 0 Å². The number of rotatable bonds is 2. The van der Waals surface area contributed by atoms with Crippen LogP contribution in [0.25, 0.3) is 22.1 Å². The van der Waals surface area contributed by atoms with Crippen molar-refractivity contribution >= 4 is 22.1 Å². The van der Waals surface area contributed by atoms with Crippen LogP contribution in [-0.4, -0.2) is 19.1 Å². The van der Waals surface area contributed by atoms with Gasteiger partial charge in [-0.2, -0.15) is 0 Å². The molecule has 0 unspecified atom stereocenters. The first-order chi connectivity index (χ1) is 8.65. The molecule has 3 rings (SSSR count). The van der Waals surface area contributed by atoms with E-state index in [0.29, 0.717) is 0 Å². The summed E-state index contributed by atoms with van der Waals surface area (Å²) in [6, 6.07) is 4.30. The van der Waals surface area contributed by atoms with Crippen molar-refractivity contribution in [3.63, 3.8) is 0 Å². The first-order valence-corrected chi connectivity index (χ1v) is 6.46. The summed E-state index contributed by atoms with van der Waals surface area (Å²) >= 11 is 0. The van der Waals surface area contributed by atoms with Crippen molar-refractivity contribution in [2.75, 3.05) is 0 Å². The predicted octanol–water partition coefficient (Wildman–Crippen LogP) is 2.58. The van der Waals surface area contributed by atoms with E-state index < -0.39 is 0 Å². The standard InChI is InChI=1S/C14H18N4/c1-5-13-15-9-7-12-10(8-11(9)17(13)3)16-14(6-2)18(12)4/h7-8H,5-6H2,1-4H3. The average Bonchev–Trinajstić information content (AvgIpc) is 2.86. The first-order valence-electron chi connectivity index (χ1n) is 6.46. The lowest BCUT2D eigenvalue weighted by Crippen LogP contribution is -1.94. The fourth-order valence-electron chi connectivity index (χ4n) is 2.61. The van der Waals surface area contributed by atoms with Gasteiger partial charge in [-0.1, -0.05) is 13.8 Å². The molecule has 94 valence electrons. The van der Waals surface area contributed by atoms with Crippen LogP contribution in [0.1, 0.15) is 25.5 Å². The molecule has 0 saturated heterocycles. The zero-order valence-electron chi connectivity index (χ0n) is 11.4. The quantitative estimate of drug-likeness (QED) is 0.692. The molecular weight excluding hydrogens is 224 g/mol. The Bertz CT molecular complexity index is 669. The maximum absolute atomic E-state index is 4.68. The molecule has 0 aliphatic rings. The van der Waals surface area contributed by atoms with Gasteiger partial charge in [0.15, 0.2) is 0 Å². The van der Waals surface area contributed by atoms with Gasteiger partial charge in [-0.15, -0.1) is 0 Å². The lowest BCUT2D eigenvalue weighted by atomic mass is 10.2. The summed E-state index contributed by atoms with van der Waals surface area (Å²) in [5.74, 6) is 2.24. The summed E-state index contributed by atoms with van der Waals surface area (Å²) in [5.41, 5.74) is 4.46. The molecule has 0 aliphatic carbocycles. The van der Waals surface area contributed by atoms with E-state index in [9.17, 15) is 0 Å². The molecule has 0 bridgehead atoms. The van der Waals surface area contributed by atoms with Crippen LogP contribution in [0.4, 0.5) is 0 Å². The van der Waals surface area contributed by atoms with E-state index in [1.165, 1.54) is 11.0 Å². The molecule has 0 amide bonds. The highest BCUT2D eigenvalue weighted by Crippen LogP contribution is 2.23. The lowest BCUT2D eigenvalue weighted by molar-refractivity contribution is 0.827. The summed E-state index contributed by atoms with van der Waals surface area (Å²) in [4.78, 5) is 9.36. The summed E-state index contributed by atoms with van der Waals surface area (Å²) in [5, 5.41) is 0. The minimum Gasteiger partial charge on any atom is -0.331 e. The minimum atomic E-state index is 0.954. The SMILES string of the molecule is CCc1nc2cc3c(cc2n1C)nc(CC)n3C. The lowest BCUT2D eigenvalue weighted by Gasteiger charge is -1.99. The van der Waals surface area contributed by atoms with Crippen LogP contribution in [0.3, 0.4) is 0 Å². The number of hydrogen-bond donors (Lipinski definition) is 0. The van der Waals surface area contributed by atoms with Crippen molar-refractivity contribution in [1.29, 1.82) is 0 Å². The highest BCUT2D eigenvalue weighted by molar-refractivity contribution is 5.92. The molecule has 0 radical (unpaired) electrons. The van der Waals surface area contributed by atoms with Gasteiger partial charge in [0.05, 0.1) is 22.1 Å². The van der Waals surface area contributed by atoms with E-state index in [2.05, 4.69) is 59.2 Å². The minimum absolute atomic E-state index is 0.954. The average molecular weight is 242 g/mol. The number of aromatic nitrogens is 4. The van der Waals surface area contributed by atoms with E-state index in [-0.39, 0.29) is 0 Å². The largest absolute Gasteiger partial charge is 0.331 e. The van der Waals surface area contributed by atoms with Gasteiger partial charge in [-0.05, 0) is 12.1 Å². The van der Waals surface area contributed by atoms with Crippen molar-refractivity contribution in [3.05, 3.63) is 23.8 Å². The summed E-state index contributed by atoms with van der Waals surface area (Å²) in [7, 11) is 4.15. The third-order valence-corrected chi connectivity index (χ3v) is 3.70. The van der Waals surface area contributed by atoms with Crippen molar-refractivity contribution in [1.82, 2.24) is 19.1 Å². The molecule has 2 heterocycles. The number of nitrogens with zero attached hydrogens (tertiary/aromatic N) is 4. The Kier molecular flexibility index (Phi) is 2.40. The van der Waals surface area contributed by atoms with Gasteiger partial charge < -0.3 is 9.13 Å². The van der Waals surface area contributed by atoms with E-state index in [1.54, 1.807) is 0 Å². The molecule has 4 heteroatoms. The van der Waals surface area contributed by atoms with E-state index in [4.69, 9.17) is 0 Å². The second-order valence-electron chi connectivity index (χ2n) is 4.71. The molecule has 18 heavy (non-hydrogen) atoms. The van der Waals surface area contributed by atoms with Crippen LogP contribution in [0, 0.1) is 0 Å². The predicted molar refractivity (Wildman–Crippen MR) is 73.7 cm³/mol. The Balaban J connectivity index is 2.38. The number of hydrogen-bond acceptors (Lipinski definition) is 2. The Morgan fingerprint density at radius 1 is 0.833 bits per heavy atom. The van der Waals surface area contributed by atoms with Crippen LogP contribution in [0.5, 0.6) is 0 Å². The molecule has 4 nitrogen and oxygen atoms in total. The molecule has 0 saturated carbocycles. The fourth-order valence-corrected chi connectivity index (χ4v) is 2.61. The van der Waals surface area contributed by atoms with E-state index >= 15 is 0 Å². The summed E-state index contributed by atoms with van der Waals surface area (Å²) in [6.07, 6.45) is 1.91. The van der Waals surface area contributed by atoms with Crippen molar-refractivity contribution in [3.8, 4) is 0 Å². The Morgan fingerprint density at radius 2 is 1.22 bits per heavy atom. The molecule has 3 aromatic rings. The molecule has 0 fully saturated rings. The molecule has 1 aromatic carbocycles. The number of imidazole rings is 2. The van der Waals surface area contributed by atoms with Crippen LogP contribution < -0.4 is 0 Å². The molecule has 0 N–H and O–H groups in total. The Labute approximate surface area is 106 Å².